The monoisotopic (exact) mass is 469 g/mol. The molecule has 3 N–H and O–H groups in total. The summed E-state index contributed by atoms with van der Waals surface area (Å²) in [6.07, 6.45) is -3.07. The van der Waals surface area contributed by atoms with Crippen molar-refractivity contribution in [3.63, 3.8) is 0 Å². The lowest BCUT2D eigenvalue weighted by Gasteiger charge is -2.10. The molecule has 0 aliphatic rings. The van der Waals surface area contributed by atoms with Crippen LogP contribution in [-0.4, -0.2) is 32.4 Å². The van der Waals surface area contributed by atoms with E-state index in [-0.39, 0.29) is 28.2 Å². The molecule has 2 amide bonds. The van der Waals surface area contributed by atoms with Gasteiger partial charge in [0, 0.05) is 17.1 Å². The Morgan fingerprint density at radius 1 is 1.00 bits per heavy atom. The van der Waals surface area contributed by atoms with Gasteiger partial charge in [-0.2, -0.15) is 18.3 Å². The number of Topliss-reactive ketones (excluding diaryl/α,β-unsaturated/α-hetero) is 1. The van der Waals surface area contributed by atoms with Crippen molar-refractivity contribution in [1.82, 2.24) is 25.6 Å². The first kappa shape index (κ1) is 22.8. The predicted octanol–water partition coefficient (Wildman–Crippen LogP) is 3.63. The van der Waals surface area contributed by atoms with Gasteiger partial charge in [0.2, 0.25) is 0 Å². The highest BCUT2D eigenvalue weighted by molar-refractivity contribution is 6.43. The van der Waals surface area contributed by atoms with Crippen LogP contribution in [0.1, 0.15) is 37.7 Å². The number of carbonyl (C=O) groups excluding carboxylic acids is 3. The number of aryl methyl sites for hydroxylation is 1. The van der Waals surface area contributed by atoms with Gasteiger partial charge in [-0.05, 0) is 38.1 Å². The molecule has 0 atom stereocenters. The number of alkyl halides is 3. The van der Waals surface area contributed by atoms with Crippen molar-refractivity contribution in [3.8, 4) is 5.69 Å². The number of hydrogen-bond acceptors (Lipinski definition) is 4. The van der Waals surface area contributed by atoms with Crippen LogP contribution in [0.4, 0.5) is 13.2 Å². The SMILES string of the molecule is Cc1nn(-c2cccc(C(F)(F)F)c2)c(C)c1C(=O)C(=O)NNC(=O)c1c[nH]c2ccccc12. The van der Waals surface area contributed by atoms with Gasteiger partial charge in [-0.25, -0.2) is 4.68 Å². The highest BCUT2D eigenvalue weighted by Gasteiger charge is 2.31. The first-order valence-electron chi connectivity index (χ1n) is 10.0. The van der Waals surface area contributed by atoms with Gasteiger partial charge >= 0.3 is 12.1 Å². The number of carbonyl (C=O) groups is 3. The van der Waals surface area contributed by atoms with E-state index in [1.807, 2.05) is 0 Å². The molecule has 0 aliphatic heterocycles. The molecule has 0 aliphatic carbocycles. The van der Waals surface area contributed by atoms with E-state index in [0.717, 1.165) is 22.3 Å². The average molecular weight is 469 g/mol. The Hall–Kier alpha value is -4.41. The molecule has 0 saturated carbocycles. The lowest BCUT2D eigenvalue weighted by atomic mass is 10.1. The molecule has 174 valence electrons. The fraction of sp³-hybridized carbons (Fsp3) is 0.130. The van der Waals surface area contributed by atoms with Gasteiger partial charge in [-0.15, -0.1) is 0 Å². The Kier molecular flexibility index (Phi) is 5.70. The molecule has 11 heteroatoms. The summed E-state index contributed by atoms with van der Waals surface area (Å²) in [4.78, 5) is 40.6. The zero-order valence-corrected chi connectivity index (χ0v) is 17.9. The second-order valence-electron chi connectivity index (χ2n) is 7.49. The minimum absolute atomic E-state index is 0.0729. The third kappa shape index (κ3) is 4.15. The van der Waals surface area contributed by atoms with Gasteiger partial charge < -0.3 is 4.98 Å². The van der Waals surface area contributed by atoms with E-state index in [2.05, 4.69) is 20.9 Å². The van der Waals surface area contributed by atoms with Crippen molar-refractivity contribution >= 4 is 28.5 Å². The van der Waals surface area contributed by atoms with Crippen LogP contribution in [0.2, 0.25) is 0 Å². The second kappa shape index (κ2) is 8.50. The molecule has 34 heavy (non-hydrogen) atoms. The lowest BCUT2D eigenvalue weighted by Crippen LogP contribution is -2.45. The first-order valence-corrected chi connectivity index (χ1v) is 10.0. The summed E-state index contributed by atoms with van der Waals surface area (Å²) in [6, 6.07) is 11.5. The van der Waals surface area contributed by atoms with Crippen LogP contribution < -0.4 is 10.9 Å². The Morgan fingerprint density at radius 3 is 2.47 bits per heavy atom. The number of benzene rings is 2. The number of para-hydroxylation sites is 1. The third-order valence-corrected chi connectivity index (χ3v) is 5.27. The molecule has 2 aromatic carbocycles. The number of amides is 2. The highest BCUT2D eigenvalue weighted by Crippen LogP contribution is 2.31. The molecule has 4 rings (SSSR count). The van der Waals surface area contributed by atoms with Crippen LogP contribution in [0.15, 0.2) is 54.7 Å². The number of nitrogens with zero attached hydrogens (tertiary/aromatic N) is 2. The van der Waals surface area contributed by atoms with Gasteiger partial charge in [0.05, 0.1) is 33.8 Å². The summed E-state index contributed by atoms with van der Waals surface area (Å²) < 4.78 is 40.4. The number of H-pyrrole nitrogens is 1. The van der Waals surface area contributed by atoms with Crippen LogP contribution in [0.25, 0.3) is 16.6 Å². The quantitative estimate of drug-likeness (QED) is 0.241. The van der Waals surface area contributed by atoms with Crippen molar-refractivity contribution in [3.05, 3.63) is 82.8 Å². The van der Waals surface area contributed by atoms with Crippen molar-refractivity contribution in [2.45, 2.75) is 20.0 Å². The molecule has 0 radical (unpaired) electrons. The molecular formula is C23H18F3N5O3. The summed E-state index contributed by atoms with van der Waals surface area (Å²) in [5.74, 6) is -2.75. The first-order chi connectivity index (χ1) is 16.1. The van der Waals surface area contributed by atoms with Gasteiger partial charge in [0.15, 0.2) is 0 Å². The number of ketones is 1. The van der Waals surface area contributed by atoms with E-state index in [0.29, 0.717) is 5.39 Å². The van der Waals surface area contributed by atoms with E-state index in [9.17, 15) is 27.6 Å². The maximum Gasteiger partial charge on any atom is 0.416 e. The summed E-state index contributed by atoms with van der Waals surface area (Å²) in [6.45, 7) is 2.92. The third-order valence-electron chi connectivity index (χ3n) is 5.27. The average Bonchev–Trinajstić information content (AvgIpc) is 3.37. The summed E-state index contributed by atoms with van der Waals surface area (Å²) in [5, 5.41) is 4.77. The Morgan fingerprint density at radius 2 is 1.74 bits per heavy atom. The number of rotatable bonds is 4. The van der Waals surface area contributed by atoms with Crippen LogP contribution in [0.3, 0.4) is 0 Å². The summed E-state index contributed by atoms with van der Waals surface area (Å²) >= 11 is 0. The van der Waals surface area contributed by atoms with Gasteiger partial charge in [0.25, 0.3) is 11.7 Å². The van der Waals surface area contributed by atoms with Crippen LogP contribution >= 0.6 is 0 Å². The van der Waals surface area contributed by atoms with Gasteiger partial charge in [0.1, 0.15) is 0 Å². The molecule has 0 bridgehead atoms. The smallest absolute Gasteiger partial charge is 0.360 e. The summed E-state index contributed by atoms with van der Waals surface area (Å²) in [5.41, 5.74) is 4.74. The Bertz CT molecular complexity index is 1440. The number of aromatic amines is 1. The van der Waals surface area contributed by atoms with Gasteiger partial charge in [-0.3, -0.25) is 25.2 Å². The van der Waals surface area contributed by atoms with Crippen LogP contribution in [0, 0.1) is 13.8 Å². The maximum absolute atomic E-state index is 13.1. The lowest BCUT2D eigenvalue weighted by molar-refractivity contribution is -0.137. The molecule has 2 heterocycles. The molecule has 4 aromatic rings. The predicted molar refractivity (Wildman–Crippen MR) is 116 cm³/mol. The highest BCUT2D eigenvalue weighted by atomic mass is 19.4. The second-order valence-corrected chi connectivity index (χ2v) is 7.49. The topological polar surface area (TPSA) is 109 Å². The normalized spacial score (nSPS) is 11.4. The Labute approximate surface area is 190 Å². The van der Waals surface area contributed by atoms with E-state index < -0.39 is 29.3 Å². The van der Waals surface area contributed by atoms with E-state index in [1.54, 1.807) is 24.3 Å². The molecule has 2 aromatic heterocycles. The van der Waals surface area contributed by atoms with Crippen LogP contribution in [0.5, 0.6) is 0 Å². The standard InChI is InChI=1S/C23H18F3N5O3/c1-12-19(13(2)31(30-12)15-7-5-6-14(10-15)23(24,25)26)20(32)22(34)29-28-21(33)17-11-27-18-9-4-3-8-16(17)18/h3-11,27H,1-2H3,(H,28,33)(H,29,34). The zero-order valence-electron chi connectivity index (χ0n) is 17.9. The van der Waals surface area contributed by atoms with Gasteiger partial charge in [-0.1, -0.05) is 24.3 Å². The fourth-order valence-corrected chi connectivity index (χ4v) is 3.65. The molecule has 8 nitrogen and oxygen atoms in total. The van der Waals surface area contributed by atoms with E-state index >= 15 is 0 Å². The molecule has 0 saturated heterocycles. The van der Waals surface area contributed by atoms with Crippen molar-refractivity contribution in [2.75, 3.05) is 0 Å². The van der Waals surface area contributed by atoms with Crippen LogP contribution in [-0.2, 0) is 11.0 Å². The number of halogens is 3. The van der Waals surface area contributed by atoms with Crippen molar-refractivity contribution in [2.24, 2.45) is 0 Å². The number of aromatic nitrogens is 3. The minimum atomic E-state index is -4.55. The summed E-state index contributed by atoms with van der Waals surface area (Å²) in [7, 11) is 0. The number of nitrogens with one attached hydrogen (secondary N) is 3. The number of hydrazine groups is 1. The largest absolute Gasteiger partial charge is 0.416 e. The van der Waals surface area contributed by atoms with E-state index in [4.69, 9.17) is 0 Å². The molecule has 0 spiro atoms. The number of hydrogen-bond donors (Lipinski definition) is 3. The number of fused-ring (bicyclic) bond motifs is 1. The maximum atomic E-state index is 13.1. The van der Waals surface area contributed by atoms with Crippen molar-refractivity contribution in [1.29, 1.82) is 0 Å². The molecule has 0 unspecified atom stereocenters. The molecule has 0 fully saturated rings. The molecular weight excluding hydrogens is 451 g/mol. The van der Waals surface area contributed by atoms with E-state index in [1.165, 1.54) is 32.2 Å². The Balaban J connectivity index is 1.52. The zero-order chi connectivity index (χ0) is 24.6. The minimum Gasteiger partial charge on any atom is -0.360 e. The fourth-order valence-electron chi connectivity index (χ4n) is 3.65. The van der Waals surface area contributed by atoms with Crippen molar-refractivity contribution < 1.29 is 27.6 Å².